The third-order valence-electron chi connectivity index (χ3n) is 5.74. The number of hydrogen-bond acceptors (Lipinski definition) is 6. The molecule has 0 spiro atoms. The number of benzene rings is 2. The number of urea groups is 1. The number of nitrogens with two attached hydrogens (primary N) is 1. The van der Waals surface area contributed by atoms with Crippen molar-refractivity contribution in [3.8, 4) is 0 Å². The van der Waals surface area contributed by atoms with Gasteiger partial charge in [0.15, 0.2) is 9.84 Å². The number of fused-ring (bicyclic) bond motifs is 1. The number of aromatic nitrogens is 1. The van der Waals surface area contributed by atoms with Gasteiger partial charge in [-0.15, -0.1) is 0 Å². The van der Waals surface area contributed by atoms with Crippen LogP contribution in [0.2, 0.25) is 0 Å². The second kappa shape index (κ2) is 9.03. The largest absolute Gasteiger partial charge is 0.383 e. The Bertz CT molecular complexity index is 1310. The summed E-state index contributed by atoms with van der Waals surface area (Å²) in [6, 6.07) is 15.3. The molecule has 0 radical (unpaired) electrons. The summed E-state index contributed by atoms with van der Waals surface area (Å²) in [4.78, 5) is 18.9. The minimum atomic E-state index is -3.32. The molecule has 33 heavy (non-hydrogen) atoms. The fraction of sp³-hybridized carbons (Fsp3) is 0.208. The zero-order valence-electron chi connectivity index (χ0n) is 18.2. The van der Waals surface area contributed by atoms with E-state index in [1.807, 2.05) is 30.3 Å². The zero-order valence-corrected chi connectivity index (χ0v) is 19.0. The van der Waals surface area contributed by atoms with Gasteiger partial charge in [0.1, 0.15) is 5.82 Å². The Labute approximate surface area is 192 Å². The van der Waals surface area contributed by atoms with Crippen LogP contribution in [0, 0.1) is 5.41 Å². The fourth-order valence-electron chi connectivity index (χ4n) is 3.87. The van der Waals surface area contributed by atoms with E-state index < -0.39 is 9.84 Å². The molecule has 1 aliphatic rings. The second-order valence-electron chi connectivity index (χ2n) is 7.79. The first-order valence-corrected chi connectivity index (χ1v) is 12.2. The van der Waals surface area contributed by atoms with Crippen LogP contribution in [-0.2, 0) is 22.8 Å². The highest BCUT2D eigenvalue weighted by atomic mass is 32.2. The maximum absolute atomic E-state index is 12.7. The van der Waals surface area contributed by atoms with Crippen molar-refractivity contribution in [3.63, 3.8) is 0 Å². The Morgan fingerprint density at radius 1 is 1.15 bits per heavy atom. The molecule has 2 amide bonds. The molecule has 0 aliphatic carbocycles. The van der Waals surface area contributed by atoms with Crippen LogP contribution < -0.4 is 11.1 Å². The van der Waals surface area contributed by atoms with Crippen molar-refractivity contribution in [1.82, 2.24) is 9.88 Å². The maximum Gasteiger partial charge on any atom is 0.322 e. The molecule has 0 bridgehead atoms. The SMILES string of the molecule is CCS(=O)(=O)c1ccc(C(=N)c2c(N)ncc3c2CCN(C(=O)Nc2ccccc2)C3)cc1. The highest BCUT2D eigenvalue weighted by Crippen LogP contribution is 2.28. The summed E-state index contributed by atoms with van der Waals surface area (Å²) >= 11 is 0. The predicted molar refractivity (Wildman–Crippen MR) is 128 cm³/mol. The number of nitrogens with one attached hydrogen (secondary N) is 2. The van der Waals surface area contributed by atoms with Crippen LogP contribution in [0.4, 0.5) is 16.3 Å². The normalized spacial score (nSPS) is 13.3. The summed E-state index contributed by atoms with van der Waals surface area (Å²) in [5.41, 5.74) is 9.87. The lowest BCUT2D eigenvalue weighted by Gasteiger charge is -2.30. The molecule has 0 fully saturated rings. The number of carbonyl (C=O) groups is 1. The number of pyridine rings is 1. The lowest BCUT2D eigenvalue weighted by atomic mass is 9.91. The van der Waals surface area contributed by atoms with Crippen molar-refractivity contribution in [2.24, 2.45) is 0 Å². The van der Waals surface area contributed by atoms with Crippen LogP contribution in [0.15, 0.2) is 65.7 Å². The van der Waals surface area contributed by atoms with Gasteiger partial charge in [-0.3, -0.25) is 5.41 Å². The quantitative estimate of drug-likeness (QED) is 0.499. The fourth-order valence-corrected chi connectivity index (χ4v) is 4.76. The lowest BCUT2D eigenvalue weighted by molar-refractivity contribution is 0.206. The van der Waals surface area contributed by atoms with E-state index in [-0.39, 0.29) is 28.2 Å². The van der Waals surface area contributed by atoms with E-state index in [0.717, 1.165) is 16.8 Å². The number of rotatable bonds is 5. The Kier molecular flexibility index (Phi) is 6.15. The summed E-state index contributed by atoms with van der Waals surface area (Å²) in [6.07, 6.45) is 2.19. The third-order valence-corrected chi connectivity index (χ3v) is 7.49. The van der Waals surface area contributed by atoms with E-state index >= 15 is 0 Å². The van der Waals surface area contributed by atoms with Gasteiger partial charge in [0.2, 0.25) is 0 Å². The average Bonchev–Trinajstić information content (AvgIpc) is 2.84. The Hall–Kier alpha value is -3.72. The van der Waals surface area contributed by atoms with Gasteiger partial charge in [0, 0.05) is 36.1 Å². The summed E-state index contributed by atoms with van der Waals surface area (Å²) < 4.78 is 24.2. The zero-order chi connectivity index (χ0) is 23.6. The van der Waals surface area contributed by atoms with E-state index in [2.05, 4.69) is 10.3 Å². The molecule has 0 saturated carbocycles. The highest BCUT2D eigenvalue weighted by molar-refractivity contribution is 7.91. The molecular formula is C24H25N5O3S. The lowest BCUT2D eigenvalue weighted by Crippen LogP contribution is -2.39. The maximum atomic E-state index is 12.7. The van der Waals surface area contributed by atoms with Gasteiger partial charge in [-0.1, -0.05) is 37.3 Å². The molecule has 170 valence electrons. The minimum Gasteiger partial charge on any atom is -0.383 e. The van der Waals surface area contributed by atoms with Crippen molar-refractivity contribution in [3.05, 3.63) is 83.0 Å². The first kappa shape index (κ1) is 22.5. The number of anilines is 2. The van der Waals surface area contributed by atoms with Crippen LogP contribution in [0.25, 0.3) is 0 Å². The van der Waals surface area contributed by atoms with E-state index in [1.54, 1.807) is 30.2 Å². The van der Waals surface area contributed by atoms with Gasteiger partial charge in [-0.2, -0.15) is 0 Å². The first-order chi connectivity index (χ1) is 15.8. The van der Waals surface area contributed by atoms with E-state index in [9.17, 15) is 13.2 Å². The molecule has 0 unspecified atom stereocenters. The summed E-state index contributed by atoms with van der Waals surface area (Å²) in [6.45, 7) is 2.43. The first-order valence-electron chi connectivity index (χ1n) is 10.6. The van der Waals surface area contributed by atoms with Crippen molar-refractivity contribution in [1.29, 1.82) is 5.41 Å². The molecule has 1 aromatic heterocycles. The third kappa shape index (κ3) is 4.58. The summed E-state index contributed by atoms with van der Waals surface area (Å²) in [5, 5.41) is 11.6. The topological polar surface area (TPSA) is 129 Å². The molecule has 1 aliphatic heterocycles. The number of hydrogen-bond donors (Lipinski definition) is 3. The average molecular weight is 464 g/mol. The van der Waals surface area contributed by atoms with Crippen molar-refractivity contribution < 1.29 is 13.2 Å². The number of nitrogens with zero attached hydrogens (tertiary/aromatic N) is 2. The van der Waals surface area contributed by atoms with E-state index in [0.29, 0.717) is 30.6 Å². The van der Waals surface area contributed by atoms with Crippen LogP contribution in [-0.4, -0.2) is 42.3 Å². The number of amides is 2. The van der Waals surface area contributed by atoms with Gasteiger partial charge in [-0.05, 0) is 41.8 Å². The van der Waals surface area contributed by atoms with Crippen LogP contribution in [0.3, 0.4) is 0 Å². The predicted octanol–water partition coefficient (Wildman–Crippen LogP) is 3.46. The Morgan fingerprint density at radius 3 is 2.52 bits per heavy atom. The van der Waals surface area contributed by atoms with Gasteiger partial charge >= 0.3 is 6.03 Å². The molecule has 4 rings (SSSR count). The molecule has 2 heterocycles. The number of carbonyl (C=O) groups excluding carboxylic acids is 1. The van der Waals surface area contributed by atoms with Gasteiger partial charge in [0.05, 0.1) is 16.4 Å². The van der Waals surface area contributed by atoms with Crippen molar-refractivity contribution in [2.45, 2.75) is 24.8 Å². The van der Waals surface area contributed by atoms with Gasteiger partial charge < -0.3 is 16.0 Å². The number of para-hydroxylation sites is 1. The summed E-state index contributed by atoms with van der Waals surface area (Å²) in [7, 11) is -3.32. The standard InChI is InChI=1S/C24H25N5O3S/c1-2-33(31,32)19-10-8-16(9-11-19)22(25)21-20-12-13-29(15-17(20)14-27-23(21)26)24(30)28-18-6-4-3-5-7-18/h3-11,14,25H,2,12-13,15H2,1H3,(H2,26,27)(H,28,30). The van der Waals surface area contributed by atoms with Crippen LogP contribution in [0.1, 0.15) is 29.2 Å². The van der Waals surface area contributed by atoms with E-state index in [4.69, 9.17) is 11.1 Å². The van der Waals surface area contributed by atoms with Crippen LogP contribution in [0.5, 0.6) is 0 Å². The van der Waals surface area contributed by atoms with Gasteiger partial charge in [-0.25, -0.2) is 18.2 Å². The number of nitrogen functional groups attached to an aromatic ring is 1. The Balaban J connectivity index is 1.58. The molecule has 8 nitrogen and oxygen atoms in total. The van der Waals surface area contributed by atoms with Crippen LogP contribution >= 0.6 is 0 Å². The molecule has 0 saturated heterocycles. The van der Waals surface area contributed by atoms with Gasteiger partial charge in [0.25, 0.3) is 0 Å². The molecule has 0 atom stereocenters. The monoisotopic (exact) mass is 463 g/mol. The molecule has 9 heteroatoms. The molecular weight excluding hydrogens is 438 g/mol. The highest BCUT2D eigenvalue weighted by Gasteiger charge is 2.26. The second-order valence-corrected chi connectivity index (χ2v) is 10.1. The van der Waals surface area contributed by atoms with Crippen molar-refractivity contribution in [2.75, 3.05) is 23.3 Å². The summed E-state index contributed by atoms with van der Waals surface area (Å²) in [5.74, 6) is 0.257. The Morgan fingerprint density at radius 2 is 1.85 bits per heavy atom. The molecule has 3 aromatic rings. The van der Waals surface area contributed by atoms with Crippen molar-refractivity contribution >= 4 is 33.1 Å². The minimum absolute atomic E-state index is 0.0151. The van der Waals surface area contributed by atoms with E-state index in [1.165, 1.54) is 12.1 Å². The smallest absolute Gasteiger partial charge is 0.322 e. The molecule has 4 N–H and O–H groups in total. The molecule has 2 aromatic carbocycles. The number of sulfone groups is 1.